The molecule has 0 atom stereocenters. The van der Waals surface area contributed by atoms with E-state index < -0.39 is 0 Å². The number of nitrogens with one attached hydrogen (secondary N) is 1. The summed E-state index contributed by atoms with van der Waals surface area (Å²) in [5.41, 5.74) is 2.38. The molecule has 16 heavy (non-hydrogen) atoms. The van der Waals surface area contributed by atoms with Crippen LogP contribution in [0.5, 0.6) is 0 Å². The molecule has 2 aromatic rings. The molecule has 1 aromatic heterocycles. The Morgan fingerprint density at radius 2 is 2.12 bits per heavy atom. The van der Waals surface area contributed by atoms with E-state index in [1.807, 2.05) is 31.2 Å². The van der Waals surface area contributed by atoms with Gasteiger partial charge in [-0.1, -0.05) is 23.8 Å². The van der Waals surface area contributed by atoms with Crippen LogP contribution >= 0.6 is 0 Å². The number of hydrogen-bond donors (Lipinski definition) is 1. The van der Waals surface area contributed by atoms with Crippen molar-refractivity contribution in [2.45, 2.75) is 6.92 Å². The summed E-state index contributed by atoms with van der Waals surface area (Å²) < 4.78 is 1.31. The predicted molar refractivity (Wildman–Crippen MR) is 61.6 cm³/mol. The van der Waals surface area contributed by atoms with Crippen LogP contribution in [0.15, 0.2) is 29.1 Å². The second-order valence-corrected chi connectivity index (χ2v) is 3.75. The number of aldehydes is 1. The van der Waals surface area contributed by atoms with Crippen molar-refractivity contribution in [1.29, 1.82) is 0 Å². The zero-order valence-corrected chi connectivity index (χ0v) is 9.15. The topological polar surface area (TPSA) is 54.9 Å². The van der Waals surface area contributed by atoms with E-state index >= 15 is 0 Å². The van der Waals surface area contributed by atoms with E-state index in [1.54, 1.807) is 7.05 Å². The molecule has 1 N–H and O–H groups in total. The normalized spacial score (nSPS) is 10.4. The van der Waals surface area contributed by atoms with Crippen LogP contribution in [0.25, 0.3) is 11.3 Å². The van der Waals surface area contributed by atoms with Crippen LogP contribution in [0, 0.1) is 6.92 Å². The van der Waals surface area contributed by atoms with E-state index in [1.165, 1.54) is 4.68 Å². The van der Waals surface area contributed by atoms with Crippen molar-refractivity contribution in [1.82, 2.24) is 9.78 Å². The van der Waals surface area contributed by atoms with Crippen molar-refractivity contribution in [2.75, 3.05) is 0 Å². The minimum absolute atomic E-state index is 0.174. The number of H-pyrrole nitrogens is 1. The second-order valence-electron chi connectivity index (χ2n) is 3.75. The van der Waals surface area contributed by atoms with Crippen LogP contribution in [0.1, 0.15) is 15.9 Å². The number of benzene rings is 1. The maximum Gasteiger partial charge on any atom is 0.277 e. The SMILES string of the molecule is Cc1cccc(-c2[nH]n(C)c(=O)c2C=O)c1. The zero-order chi connectivity index (χ0) is 11.7. The number of aromatic nitrogens is 2. The molecule has 0 unspecified atom stereocenters. The Bertz CT molecular complexity index is 593. The van der Waals surface area contributed by atoms with Crippen molar-refractivity contribution in [3.63, 3.8) is 0 Å². The van der Waals surface area contributed by atoms with Crippen LogP contribution in [-0.4, -0.2) is 16.1 Å². The zero-order valence-electron chi connectivity index (χ0n) is 9.15. The van der Waals surface area contributed by atoms with E-state index in [0.29, 0.717) is 12.0 Å². The van der Waals surface area contributed by atoms with E-state index in [-0.39, 0.29) is 11.1 Å². The second kappa shape index (κ2) is 3.81. The van der Waals surface area contributed by atoms with Crippen molar-refractivity contribution < 1.29 is 4.79 Å². The van der Waals surface area contributed by atoms with Gasteiger partial charge in [0, 0.05) is 12.6 Å². The Morgan fingerprint density at radius 3 is 2.75 bits per heavy atom. The van der Waals surface area contributed by atoms with Gasteiger partial charge in [0.05, 0.1) is 5.69 Å². The Balaban J connectivity index is 2.69. The van der Waals surface area contributed by atoms with Gasteiger partial charge in [0.1, 0.15) is 5.56 Å². The Kier molecular flexibility index (Phi) is 2.48. The van der Waals surface area contributed by atoms with Crippen molar-refractivity contribution in [2.24, 2.45) is 7.05 Å². The molecule has 4 nitrogen and oxygen atoms in total. The van der Waals surface area contributed by atoms with Crippen molar-refractivity contribution in [3.05, 3.63) is 45.7 Å². The number of rotatable bonds is 2. The molecule has 0 aliphatic carbocycles. The highest BCUT2D eigenvalue weighted by Gasteiger charge is 2.12. The van der Waals surface area contributed by atoms with Crippen LogP contribution < -0.4 is 5.56 Å². The third-order valence-corrected chi connectivity index (χ3v) is 2.51. The van der Waals surface area contributed by atoms with Crippen LogP contribution in [0.2, 0.25) is 0 Å². The Labute approximate surface area is 92.5 Å². The number of aromatic amines is 1. The molecule has 0 saturated heterocycles. The largest absolute Gasteiger partial charge is 0.298 e. The fourth-order valence-corrected chi connectivity index (χ4v) is 1.70. The maximum atomic E-state index is 11.6. The summed E-state index contributed by atoms with van der Waals surface area (Å²) in [5.74, 6) is 0. The van der Waals surface area contributed by atoms with Gasteiger partial charge in [-0.25, -0.2) is 0 Å². The highest BCUT2D eigenvalue weighted by Crippen LogP contribution is 2.19. The van der Waals surface area contributed by atoms with E-state index in [4.69, 9.17) is 0 Å². The average molecular weight is 216 g/mol. The standard InChI is InChI=1S/C12H12N2O2/c1-8-4-3-5-9(6-8)11-10(7-15)12(16)14(2)13-11/h3-7,13H,1-2H3. The number of aryl methyl sites for hydroxylation is 2. The van der Waals surface area contributed by atoms with Crippen LogP contribution in [0.4, 0.5) is 0 Å². The van der Waals surface area contributed by atoms with Crippen LogP contribution in [-0.2, 0) is 7.05 Å². The van der Waals surface area contributed by atoms with Gasteiger partial charge in [-0.3, -0.25) is 19.4 Å². The summed E-state index contributed by atoms with van der Waals surface area (Å²) in [6.45, 7) is 1.96. The summed E-state index contributed by atoms with van der Waals surface area (Å²) in [5, 5.41) is 2.88. The number of carbonyl (C=O) groups excluding carboxylic acids is 1. The lowest BCUT2D eigenvalue weighted by atomic mass is 10.1. The molecule has 0 amide bonds. The van der Waals surface area contributed by atoms with Gasteiger partial charge in [0.25, 0.3) is 5.56 Å². The molecular formula is C12H12N2O2. The molecule has 0 spiro atoms. The monoisotopic (exact) mass is 216 g/mol. The third kappa shape index (κ3) is 1.58. The lowest BCUT2D eigenvalue weighted by Gasteiger charge is -2.00. The van der Waals surface area contributed by atoms with Gasteiger partial charge < -0.3 is 0 Å². The van der Waals surface area contributed by atoms with Crippen molar-refractivity contribution in [3.8, 4) is 11.3 Å². The quantitative estimate of drug-likeness (QED) is 0.773. The Hall–Kier alpha value is -2.10. The lowest BCUT2D eigenvalue weighted by Crippen LogP contribution is -2.14. The fourth-order valence-electron chi connectivity index (χ4n) is 1.70. The first-order valence-corrected chi connectivity index (χ1v) is 4.94. The van der Waals surface area contributed by atoms with Gasteiger partial charge in [-0.2, -0.15) is 0 Å². The maximum absolute atomic E-state index is 11.6. The summed E-state index contributed by atoms with van der Waals surface area (Å²) in [4.78, 5) is 22.5. The highest BCUT2D eigenvalue weighted by molar-refractivity contribution is 5.85. The van der Waals surface area contributed by atoms with E-state index in [2.05, 4.69) is 5.10 Å². The molecular weight excluding hydrogens is 204 g/mol. The molecule has 0 radical (unpaired) electrons. The number of nitrogens with zero attached hydrogens (tertiary/aromatic N) is 1. The third-order valence-electron chi connectivity index (χ3n) is 2.51. The molecule has 0 saturated carbocycles. The summed E-state index contributed by atoms with van der Waals surface area (Å²) >= 11 is 0. The first kappa shape index (κ1) is 10.4. The summed E-state index contributed by atoms with van der Waals surface area (Å²) in [6.07, 6.45) is 0.594. The van der Waals surface area contributed by atoms with Gasteiger partial charge in [-0.05, 0) is 13.0 Å². The lowest BCUT2D eigenvalue weighted by molar-refractivity contribution is 0.112. The molecule has 0 aliphatic rings. The molecule has 1 heterocycles. The highest BCUT2D eigenvalue weighted by atomic mass is 16.1. The molecule has 0 bridgehead atoms. The summed E-state index contributed by atoms with van der Waals surface area (Å²) in [6, 6.07) is 7.65. The van der Waals surface area contributed by atoms with E-state index in [9.17, 15) is 9.59 Å². The summed E-state index contributed by atoms with van der Waals surface area (Å²) in [7, 11) is 1.59. The number of hydrogen-bond acceptors (Lipinski definition) is 2. The fraction of sp³-hybridized carbons (Fsp3) is 0.167. The first-order valence-electron chi connectivity index (χ1n) is 4.94. The molecule has 0 aliphatic heterocycles. The van der Waals surface area contributed by atoms with Crippen LogP contribution in [0.3, 0.4) is 0 Å². The smallest absolute Gasteiger partial charge is 0.277 e. The molecule has 2 rings (SSSR count). The van der Waals surface area contributed by atoms with Crippen molar-refractivity contribution >= 4 is 6.29 Å². The van der Waals surface area contributed by atoms with Gasteiger partial charge in [-0.15, -0.1) is 0 Å². The van der Waals surface area contributed by atoms with Gasteiger partial charge in [0.2, 0.25) is 0 Å². The molecule has 4 heteroatoms. The molecule has 1 aromatic carbocycles. The predicted octanol–water partition coefficient (Wildman–Crippen LogP) is 1.50. The molecule has 82 valence electrons. The average Bonchev–Trinajstić information content (AvgIpc) is 2.55. The van der Waals surface area contributed by atoms with Gasteiger partial charge in [0.15, 0.2) is 6.29 Å². The minimum Gasteiger partial charge on any atom is -0.298 e. The van der Waals surface area contributed by atoms with Gasteiger partial charge >= 0.3 is 0 Å². The number of carbonyl (C=O) groups is 1. The first-order chi connectivity index (χ1) is 7.63. The minimum atomic E-state index is -0.300. The Morgan fingerprint density at radius 1 is 1.38 bits per heavy atom. The molecule has 0 fully saturated rings. The van der Waals surface area contributed by atoms with E-state index in [0.717, 1.165) is 11.1 Å².